The quantitative estimate of drug-likeness (QED) is 0.347. The van der Waals surface area contributed by atoms with Crippen LogP contribution in [0.2, 0.25) is 0 Å². The first-order valence-corrected chi connectivity index (χ1v) is 7.74. The van der Waals surface area contributed by atoms with Crippen LogP contribution in [0.5, 0.6) is 0 Å². The van der Waals surface area contributed by atoms with E-state index in [0.29, 0.717) is 0 Å². The van der Waals surface area contributed by atoms with Gasteiger partial charge in [-0.2, -0.15) is 0 Å². The Bertz CT molecular complexity index is 775. The van der Waals surface area contributed by atoms with Crippen molar-refractivity contribution < 1.29 is 39.4 Å². The summed E-state index contributed by atoms with van der Waals surface area (Å²) in [5.74, 6) is -0.692. The topological polar surface area (TPSA) is 181 Å². The molecule has 0 saturated carbocycles. The van der Waals surface area contributed by atoms with Crippen molar-refractivity contribution in [3.63, 3.8) is 0 Å². The molecule has 7 atom stereocenters. The molecule has 7 unspecified atom stereocenters. The molecule has 12 heteroatoms. The fourth-order valence-electron chi connectivity index (χ4n) is 2.75. The van der Waals surface area contributed by atoms with Crippen molar-refractivity contribution in [1.82, 2.24) is 9.55 Å². The van der Waals surface area contributed by atoms with Crippen LogP contribution in [-0.4, -0.2) is 85.8 Å². The second-order valence-corrected chi connectivity index (χ2v) is 5.98. The van der Waals surface area contributed by atoms with Gasteiger partial charge in [-0.05, 0) is 0 Å². The molecule has 2 aliphatic heterocycles. The summed E-state index contributed by atoms with van der Waals surface area (Å²) in [6, 6.07) is 1.05. The zero-order chi connectivity index (χ0) is 19.0. The van der Waals surface area contributed by atoms with E-state index in [0.717, 1.165) is 16.8 Å². The molecule has 1 aromatic rings. The number of ether oxygens (including phenoxy) is 3. The molecule has 0 bridgehead atoms. The molecule has 12 nitrogen and oxygen atoms in total. The Balaban J connectivity index is 1.66. The molecule has 0 radical (unpaired) electrons. The minimum Gasteiger partial charge on any atom is -0.387 e. The SMILES string of the molecule is O=C1COC(OCC2OC(n3ccc(=O)[nH]c3=O)C(O)C2O)C(O)C1O. The maximum atomic E-state index is 11.8. The van der Waals surface area contributed by atoms with Crippen LogP contribution in [0.25, 0.3) is 0 Å². The van der Waals surface area contributed by atoms with Crippen LogP contribution in [0.4, 0.5) is 0 Å². The number of aliphatic hydroxyl groups is 4. The van der Waals surface area contributed by atoms with Gasteiger partial charge in [0.1, 0.15) is 37.1 Å². The number of H-pyrrole nitrogens is 1. The Kier molecular flexibility index (Phi) is 5.34. The number of aliphatic hydroxyl groups excluding tert-OH is 4. The third-order valence-electron chi connectivity index (χ3n) is 4.21. The molecular weight excluding hydrogens is 356 g/mol. The fourth-order valence-corrected chi connectivity index (χ4v) is 2.75. The first-order valence-electron chi connectivity index (χ1n) is 7.74. The molecule has 1 aromatic heterocycles. The minimum atomic E-state index is -1.65. The summed E-state index contributed by atoms with van der Waals surface area (Å²) in [6.45, 7) is -0.815. The van der Waals surface area contributed by atoms with Gasteiger partial charge in [-0.3, -0.25) is 19.1 Å². The molecule has 0 aromatic carbocycles. The summed E-state index contributed by atoms with van der Waals surface area (Å²) in [4.78, 5) is 36.1. The van der Waals surface area contributed by atoms with Gasteiger partial charge in [0.15, 0.2) is 18.3 Å². The number of aromatic amines is 1. The normalized spacial score (nSPS) is 37.8. The predicted octanol–water partition coefficient (Wildman–Crippen LogP) is -4.18. The first-order chi connectivity index (χ1) is 12.3. The lowest BCUT2D eigenvalue weighted by molar-refractivity contribution is -0.244. The monoisotopic (exact) mass is 374 g/mol. The van der Waals surface area contributed by atoms with E-state index in [9.17, 15) is 34.8 Å². The van der Waals surface area contributed by atoms with Crippen molar-refractivity contribution in [3.05, 3.63) is 33.1 Å². The van der Waals surface area contributed by atoms with E-state index < -0.39 is 66.7 Å². The second kappa shape index (κ2) is 7.36. The average molecular weight is 374 g/mol. The number of Topliss-reactive ketones (excluding diaryl/α,β-unsaturated/α-hetero) is 1. The molecule has 144 valence electrons. The Hall–Kier alpha value is -1.93. The van der Waals surface area contributed by atoms with Crippen LogP contribution < -0.4 is 11.2 Å². The molecule has 2 aliphatic rings. The van der Waals surface area contributed by atoms with Crippen molar-refractivity contribution in [2.24, 2.45) is 0 Å². The number of ketones is 1. The number of aromatic nitrogens is 2. The van der Waals surface area contributed by atoms with Crippen molar-refractivity contribution in [1.29, 1.82) is 0 Å². The number of nitrogens with one attached hydrogen (secondary N) is 1. The highest BCUT2D eigenvalue weighted by molar-refractivity contribution is 5.85. The lowest BCUT2D eigenvalue weighted by Gasteiger charge is -2.31. The molecule has 2 saturated heterocycles. The molecule has 0 aliphatic carbocycles. The third-order valence-corrected chi connectivity index (χ3v) is 4.21. The van der Waals surface area contributed by atoms with Gasteiger partial charge in [-0.1, -0.05) is 0 Å². The molecule has 0 spiro atoms. The number of carbonyl (C=O) groups excluding carboxylic acids is 1. The molecule has 3 heterocycles. The van der Waals surface area contributed by atoms with Gasteiger partial charge < -0.3 is 34.6 Å². The zero-order valence-corrected chi connectivity index (χ0v) is 13.3. The largest absolute Gasteiger partial charge is 0.387 e. The zero-order valence-electron chi connectivity index (χ0n) is 13.3. The summed E-state index contributed by atoms with van der Waals surface area (Å²) in [5, 5.41) is 39.4. The number of hydrogen-bond acceptors (Lipinski definition) is 10. The molecule has 26 heavy (non-hydrogen) atoms. The maximum absolute atomic E-state index is 11.8. The highest BCUT2D eigenvalue weighted by Crippen LogP contribution is 2.29. The Morgan fingerprint density at radius 2 is 1.88 bits per heavy atom. The van der Waals surface area contributed by atoms with E-state index in [4.69, 9.17) is 14.2 Å². The number of rotatable bonds is 4. The van der Waals surface area contributed by atoms with Gasteiger partial charge in [0.05, 0.1) is 6.61 Å². The van der Waals surface area contributed by atoms with Crippen molar-refractivity contribution >= 4 is 5.78 Å². The number of hydrogen-bond donors (Lipinski definition) is 5. The van der Waals surface area contributed by atoms with Gasteiger partial charge in [0.2, 0.25) is 0 Å². The van der Waals surface area contributed by atoms with Gasteiger partial charge >= 0.3 is 5.69 Å². The smallest absolute Gasteiger partial charge is 0.330 e. The van der Waals surface area contributed by atoms with E-state index >= 15 is 0 Å². The van der Waals surface area contributed by atoms with E-state index in [1.54, 1.807) is 0 Å². The molecule has 2 fully saturated rings. The summed E-state index contributed by atoms with van der Waals surface area (Å²) in [5.41, 5.74) is -1.46. The van der Waals surface area contributed by atoms with Gasteiger partial charge in [0, 0.05) is 12.3 Å². The van der Waals surface area contributed by atoms with Crippen LogP contribution in [0.15, 0.2) is 21.9 Å². The average Bonchev–Trinajstić information content (AvgIpc) is 2.87. The van der Waals surface area contributed by atoms with Crippen molar-refractivity contribution in [2.75, 3.05) is 13.2 Å². The van der Waals surface area contributed by atoms with E-state index in [1.165, 1.54) is 0 Å². The third kappa shape index (κ3) is 3.48. The maximum Gasteiger partial charge on any atom is 0.330 e. The van der Waals surface area contributed by atoms with Crippen LogP contribution in [0.3, 0.4) is 0 Å². The van der Waals surface area contributed by atoms with Crippen LogP contribution in [0, 0.1) is 0 Å². The van der Waals surface area contributed by atoms with E-state index in [1.807, 2.05) is 4.98 Å². The van der Waals surface area contributed by atoms with Gasteiger partial charge in [-0.15, -0.1) is 0 Å². The predicted molar refractivity (Wildman–Crippen MR) is 80.0 cm³/mol. The summed E-state index contributed by atoms with van der Waals surface area (Å²) >= 11 is 0. The molecule has 0 amide bonds. The van der Waals surface area contributed by atoms with Crippen LogP contribution in [0.1, 0.15) is 6.23 Å². The fraction of sp³-hybridized carbons (Fsp3) is 0.643. The van der Waals surface area contributed by atoms with Crippen LogP contribution in [-0.2, 0) is 19.0 Å². The highest BCUT2D eigenvalue weighted by atomic mass is 16.7. The Morgan fingerprint density at radius 3 is 2.58 bits per heavy atom. The first kappa shape index (κ1) is 18.8. The summed E-state index contributed by atoms with van der Waals surface area (Å²) < 4.78 is 16.5. The lowest BCUT2D eigenvalue weighted by atomic mass is 10.1. The second-order valence-electron chi connectivity index (χ2n) is 5.98. The highest BCUT2D eigenvalue weighted by Gasteiger charge is 2.45. The summed E-state index contributed by atoms with van der Waals surface area (Å²) in [7, 11) is 0. The Morgan fingerprint density at radius 1 is 1.15 bits per heavy atom. The lowest BCUT2D eigenvalue weighted by Crippen LogP contribution is -2.52. The summed E-state index contributed by atoms with van der Waals surface area (Å²) in [6.07, 6.45) is -8.78. The Labute approximate surface area is 145 Å². The van der Waals surface area contributed by atoms with Crippen LogP contribution >= 0.6 is 0 Å². The number of nitrogens with zero attached hydrogens (tertiary/aromatic N) is 1. The van der Waals surface area contributed by atoms with Crippen molar-refractivity contribution in [3.8, 4) is 0 Å². The standard InChI is InChI=1S/C14H18N2O10/c17-5-3-24-13(11(22)8(5)19)25-4-6-9(20)10(21)12(26-6)16-2-1-7(18)15-14(16)23/h1-2,6,8-13,19-22H,3-4H2,(H,15,18,23). The number of carbonyl (C=O) groups is 1. The molecule has 3 rings (SSSR count). The minimum absolute atomic E-state index is 0.366. The van der Waals surface area contributed by atoms with Crippen molar-refractivity contribution in [2.45, 2.75) is 43.0 Å². The van der Waals surface area contributed by atoms with E-state index in [2.05, 4.69) is 0 Å². The molecular formula is C14H18N2O10. The van der Waals surface area contributed by atoms with Gasteiger partial charge in [0.25, 0.3) is 5.56 Å². The van der Waals surface area contributed by atoms with Gasteiger partial charge in [-0.25, -0.2) is 4.79 Å². The van der Waals surface area contributed by atoms with E-state index in [-0.39, 0.29) is 6.61 Å². The molecule has 5 N–H and O–H groups in total.